The topological polar surface area (TPSA) is 51.0 Å². The van der Waals surface area contributed by atoms with Crippen molar-refractivity contribution in [3.05, 3.63) is 41.0 Å². The highest BCUT2D eigenvalue weighted by molar-refractivity contribution is 7.98. The third-order valence-electron chi connectivity index (χ3n) is 3.14. The zero-order valence-electron chi connectivity index (χ0n) is 12.3. The van der Waals surface area contributed by atoms with Crippen LogP contribution in [0.5, 0.6) is 0 Å². The van der Waals surface area contributed by atoms with Gasteiger partial charge in [-0.15, -0.1) is 11.8 Å². The first-order valence-electron chi connectivity index (χ1n) is 7.08. The van der Waals surface area contributed by atoms with Crippen LogP contribution in [0.25, 0.3) is 0 Å². The minimum Gasteiger partial charge on any atom is -0.339 e. The summed E-state index contributed by atoms with van der Waals surface area (Å²) in [4.78, 5) is 5.55. The van der Waals surface area contributed by atoms with E-state index in [-0.39, 0.29) is 0 Å². The first kappa shape index (κ1) is 16.3. The van der Waals surface area contributed by atoms with Crippen LogP contribution in [0.1, 0.15) is 31.5 Å². The second kappa shape index (κ2) is 8.41. The van der Waals surface area contributed by atoms with Gasteiger partial charge in [-0.05, 0) is 31.7 Å². The maximum Gasteiger partial charge on any atom is 0.228 e. The quantitative estimate of drug-likeness (QED) is 0.745. The summed E-state index contributed by atoms with van der Waals surface area (Å²) < 4.78 is 5.31. The van der Waals surface area contributed by atoms with Crippen molar-refractivity contribution >= 4 is 23.4 Å². The molecule has 0 spiro atoms. The standard InChI is InChI=1S/C15H20ClN3OS/c1-3-5-12(17-2)9-15-18-14(19-20-15)10-21-13-7-4-6-11(16)8-13/h4,6-8,12,17H,3,5,9-10H2,1-2H3. The van der Waals surface area contributed by atoms with Gasteiger partial charge in [0, 0.05) is 22.4 Å². The van der Waals surface area contributed by atoms with E-state index in [1.807, 2.05) is 31.3 Å². The van der Waals surface area contributed by atoms with E-state index in [0.717, 1.165) is 35.0 Å². The van der Waals surface area contributed by atoms with Crippen molar-refractivity contribution in [1.82, 2.24) is 15.5 Å². The van der Waals surface area contributed by atoms with Gasteiger partial charge < -0.3 is 9.84 Å². The zero-order chi connectivity index (χ0) is 15.1. The third kappa shape index (κ3) is 5.34. The molecule has 0 aliphatic heterocycles. The first-order chi connectivity index (χ1) is 10.2. The van der Waals surface area contributed by atoms with Gasteiger partial charge in [-0.3, -0.25) is 0 Å². The summed E-state index contributed by atoms with van der Waals surface area (Å²) in [5.41, 5.74) is 0. The molecule has 1 unspecified atom stereocenters. The molecule has 6 heteroatoms. The van der Waals surface area contributed by atoms with Gasteiger partial charge in [0.05, 0.1) is 5.75 Å². The maximum atomic E-state index is 5.96. The fraction of sp³-hybridized carbons (Fsp3) is 0.467. The molecule has 1 aromatic carbocycles. The maximum absolute atomic E-state index is 5.96. The minimum atomic E-state index is 0.392. The SMILES string of the molecule is CCCC(Cc1nc(CSc2cccc(Cl)c2)no1)NC. The van der Waals surface area contributed by atoms with Crippen LogP contribution < -0.4 is 5.32 Å². The Kier molecular flexibility index (Phi) is 6.54. The Hall–Kier alpha value is -1.04. The smallest absolute Gasteiger partial charge is 0.228 e. The van der Waals surface area contributed by atoms with E-state index in [4.69, 9.17) is 16.1 Å². The van der Waals surface area contributed by atoms with E-state index in [2.05, 4.69) is 22.4 Å². The number of benzene rings is 1. The molecule has 0 radical (unpaired) electrons. The molecule has 114 valence electrons. The van der Waals surface area contributed by atoms with Crippen molar-refractivity contribution in [3.8, 4) is 0 Å². The van der Waals surface area contributed by atoms with Gasteiger partial charge in [0.15, 0.2) is 5.82 Å². The van der Waals surface area contributed by atoms with E-state index >= 15 is 0 Å². The number of rotatable bonds is 8. The van der Waals surface area contributed by atoms with Gasteiger partial charge in [-0.2, -0.15) is 4.98 Å². The molecule has 1 N–H and O–H groups in total. The molecule has 0 amide bonds. The van der Waals surface area contributed by atoms with E-state index < -0.39 is 0 Å². The van der Waals surface area contributed by atoms with Gasteiger partial charge in [0.1, 0.15) is 0 Å². The Balaban J connectivity index is 1.88. The summed E-state index contributed by atoms with van der Waals surface area (Å²) in [5.74, 6) is 2.10. The summed E-state index contributed by atoms with van der Waals surface area (Å²) in [6.07, 6.45) is 3.02. The van der Waals surface area contributed by atoms with Crippen molar-refractivity contribution in [1.29, 1.82) is 0 Å². The number of hydrogen-bond donors (Lipinski definition) is 1. The van der Waals surface area contributed by atoms with Crippen molar-refractivity contribution < 1.29 is 4.52 Å². The van der Waals surface area contributed by atoms with Crippen LogP contribution in [0.3, 0.4) is 0 Å². The number of nitrogens with one attached hydrogen (secondary N) is 1. The Morgan fingerprint density at radius 3 is 3.00 bits per heavy atom. The molecular weight excluding hydrogens is 306 g/mol. The van der Waals surface area contributed by atoms with Crippen LogP contribution in [0.4, 0.5) is 0 Å². The third-order valence-corrected chi connectivity index (χ3v) is 4.37. The second-order valence-corrected chi connectivity index (χ2v) is 6.31. The lowest BCUT2D eigenvalue weighted by atomic mass is 10.1. The van der Waals surface area contributed by atoms with E-state index in [9.17, 15) is 0 Å². The number of thioether (sulfide) groups is 1. The van der Waals surface area contributed by atoms with Crippen LogP contribution in [0, 0.1) is 0 Å². The van der Waals surface area contributed by atoms with Crippen molar-refractivity contribution in [2.45, 2.75) is 42.9 Å². The summed E-state index contributed by atoms with van der Waals surface area (Å²) in [6.45, 7) is 2.17. The molecule has 0 bridgehead atoms. The van der Waals surface area contributed by atoms with Crippen LogP contribution in [-0.4, -0.2) is 23.2 Å². The van der Waals surface area contributed by atoms with Crippen LogP contribution in [0.2, 0.25) is 5.02 Å². The molecule has 1 heterocycles. The van der Waals surface area contributed by atoms with Gasteiger partial charge in [0.2, 0.25) is 5.89 Å². The number of aromatic nitrogens is 2. The zero-order valence-corrected chi connectivity index (χ0v) is 13.9. The van der Waals surface area contributed by atoms with Gasteiger partial charge >= 0.3 is 0 Å². The van der Waals surface area contributed by atoms with E-state index in [0.29, 0.717) is 17.7 Å². The Labute approximate surface area is 134 Å². The fourth-order valence-corrected chi connectivity index (χ4v) is 3.10. The molecule has 1 atom stereocenters. The van der Waals surface area contributed by atoms with Crippen molar-refractivity contribution in [2.24, 2.45) is 0 Å². The summed E-state index contributed by atoms with van der Waals surface area (Å²) in [6, 6.07) is 8.16. The van der Waals surface area contributed by atoms with Crippen LogP contribution in [0.15, 0.2) is 33.7 Å². The van der Waals surface area contributed by atoms with Crippen molar-refractivity contribution in [2.75, 3.05) is 7.05 Å². The highest BCUT2D eigenvalue weighted by Crippen LogP contribution is 2.24. The summed E-state index contributed by atoms with van der Waals surface area (Å²) in [5, 5.41) is 8.05. The van der Waals surface area contributed by atoms with Crippen LogP contribution in [-0.2, 0) is 12.2 Å². The Bertz CT molecular complexity index is 561. The second-order valence-electron chi connectivity index (χ2n) is 4.83. The number of halogens is 1. The number of likely N-dealkylation sites (N-methyl/N-ethyl adjacent to an activating group) is 1. The molecule has 0 saturated carbocycles. The predicted molar refractivity (Wildman–Crippen MR) is 86.8 cm³/mol. The molecule has 4 nitrogen and oxygen atoms in total. The lowest BCUT2D eigenvalue weighted by Crippen LogP contribution is -2.27. The average molecular weight is 326 g/mol. The molecule has 0 fully saturated rings. The van der Waals surface area contributed by atoms with Gasteiger partial charge in [-0.1, -0.05) is 36.2 Å². The largest absolute Gasteiger partial charge is 0.339 e. The van der Waals surface area contributed by atoms with Crippen LogP contribution >= 0.6 is 23.4 Å². The predicted octanol–water partition coefficient (Wildman–Crippen LogP) is 3.95. The number of nitrogens with zero attached hydrogens (tertiary/aromatic N) is 2. The lowest BCUT2D eigenvalue weighted by Gasteiger charge is -2.11. The molecule has 0 aliphatic carbocycles. The molecule has 0 saturated heterocycles. The highest BCUT2D eigenvalue weighted by Gasteiger charge is 2.12. The highest BCUT2D eigenvalue weighted by atomic mass is 35.5. The molecule has 21 heavy (non-hydrogen) atoms. The fourth-order valence-electron chi connectivity index (χ4n) is 2.04. The van der Waals surface area contributed by atoms with Crippen molar-refractivity contribution in [3.63, 3.8) is 0 Å². The summed E-state index contributed by atoms with van der Waals surface area (Å²) >= 11 is 7.61. The first-order valence-corrected chi connectivity index (χ1v) is 8.44. The molecule has 1 aromatic heterocycles. The normalized spacial score (nSPS) is 12.5. The molecule has 2 aromatic rings. The monoisotopic (exact) mass is 325 g/mol. The van der Waals surface area contributed by atoms with Gasteiger partial charge in [0.25, 0.3) is 0 Å². The minimum absolute atomic E-state index is 0.392. The number of hydrogen-bond acceptors (Lipinski definition) is 5. The molecule has 0 aliphatic rings. The average Bonchev–Trinajstić information content (AvgIpc) is 2.92. The lowest BCUT2D eigenvalue weighted by molar-refractivity contribution is 0.353. The Morgan fingerprint density at radius 2 is 2.29 bits per heavy atom. The Morgan fingerprint density at radius 1 is 1.43 bits per heavy atom. The van der Waals surface area contributed by atoms with E-state index in [1.54, 1.807) is 11.8 Å². The molecule has 2 rings (SSSR count). The summed E-state index contributed by atoms with van der Waals surface area (Å²) in [7, 11) is 1.96. The van der Waals surface area contributed by atoms with Gasteiger partial charge in [-0.25, -0.2) is 0 Å². The van der Waals surface area contributed by atoms with E-state index in [1.165, 1.54) is 0 Å². The molecular formula is C15H20ClN3OS.